The topological polar surface area (TPSA) is 0 Å². The number of fused-ring (bicyclic) bond motifs is 2. The molecule has 0 radical (unpaired) electrons. The van der Waals surface area contributed by atoms with Crippen LogP contribution in [0.5, 0.6) is 0 Å². The van der Waals surface area contributed by atoms with Crippen molar-refractivity contribution in [1.29, 1.82) is 0 Å². The fourth-order valence-electron chi connectivity index (χ4n) is 8.04. The van der Waals surface area contributed by atoms with E-state index in [1.807, 2.05) is 6.56 Å². The SMILES string of the molecule is CCCC[Si]1(C2[C]([Zr+2][C]3=Cc4ccccc4C3[Si]3(CCCC)CCC3)=Cc3ccccc32)CCC1.[Cl-].[Cl-]. The van der Waals surface area contributed by atoms with Gasteiger partial charge in [0.15, 0.2) is 0 Å². The molecule has 5 heteroatoms. The Morgan fingerprint density at radius 3 is 1.41 bits per heavy atom. The zero-order valence-electron chi connectivity index (χ0n) is 22.7. The average molecular weight is 645 g/mol. The smallest absolute Gasteiger partial charge is 1.00 e. The monoisotopic (exact) mass is 642 g/mol. The van der Waals surface area contributed by atoms with Crippen molar-refractivity contribution in [3.05, 3.63) is 77.3 Å². The molecule has 4 aliphatic rings. The molecule has 0 saturated carbocycles. The molecule has 2 fully saturated rings. The summed E-state index contributed by atoms with van der Waals surface area (Å²) in [6.07, 6.45) is 14.2. The van der Waals surface area contributed by atoms with Crippen molar-refractivity contribution >= 4 is 28.3 Å². The van der Waals surface area contributed by atoms with Crippen molar-refractivity contribution < 1.29 is 48.0 Å². The number of hydrogen-bond acceptors (Lipinski definition) is 0. The molecule has 2 aliphatic heterocycles. The van der Waals surface area contributed by atoms with Crippen LogP contribution in [0.15, 0.2) is 55.1 Å². The minimum absolute atomic E-state index is 0. The van der Waals surface area contributed by atoms with Crippen LogP contribution in [0, 0.1) is 0 Å². The van der Waals surface area contributed by atoms with Gasteiger partial charge in [-0.2, -0.15) is 0 Å². The van der Waals surface area contributed by atoms with E-state index in [1.54, 1.807) is 58.5 Å². The molecule has 0 spiro atoms. The van der Waals surface area contributed by atoms with E-state index in [0.717, 1.165) is 11.1 Å². The largest absolute Gasteiger partial charge is 1.00 e. The summed E-state index contributed by atoms with van der Waals surface area (Å²) in [6, 6.07) is 28.7. The van der Waals surface area contributed by atoms with E-state index in [0.29, 0.717) is 0 Å². The van der Waals surface area contributed by atoms with Gasteiger partial charge in [-0.05, 0) is 0 Å². The quantitative estimate of drug-likeness (QED) is 0.346. The minimum Gasteiger partial charge on any atom is -1.00 e. The summed E-state index contributed by atoms with van der Waals surface area (Å²) in [5.41, 5.74) is 8.42. The number of unbranched alkanes of at least 4 members (excludes halogenated alkanes) is 2. The molecule has 2 aromatic rings. The van der Waals surface area contributed by atoms with Crippen molar-refractivity contribution in [1.82, 2.24) is 0 Å². The van der Waals surface area contributed by atoms with E-state index in [2.05, 4.69) is 74.5 Å². The fraction of sp³-hybridized carbons (Fsp3) is 0.500. The molecule has 0 aromatic heterocycles. The second kappa shape index (κ2) is 12.6. The summed E-state index contributed by atoms with van der Waals surface area (Å²) in [6.45, 7) is 4.81. The number of allylic oxidation sites excluding steroid dienone is 2. The van der Waals surface area contributed by atoms with Crippen LogP contribution in [-0.4, -0.2) is 16.1 Å². The van der Waals surface area contributed by atoms with Crippen molar-refractivity contribution in [2.75, 3.05) is 0 Å². The molecular formula is C32H42Cl2Si2Zr. The van der Waals surface area contributed by atoms with E-state index in [1.165, 1.54) is 38.5 Å². The molecule has 2 saturated heterocycles. The van der Waals surface area contributed by atoms with Gasteiger partial charge in [0.25, 0.3) is 0 Å². The maximum atomic E-state index is 2.74. The van der Waals surface area contributed by atoms with E-state index >= 15 is 0 Å². The van der Waals surface area contributed by atoms with Gasteiger partial charge in [-0.1, -0.05) is 0 Å². The summed E-state index contributed by atoms with van der Waals surface area (Å²) in [5.74, 6) is 0. The Kier molecular flexibility index (Phi) is 10.1. The maximum Gasteiger partial charge on any atom is -1.00 e. The molecule has 2 unspecified atom stereocenters. The molecule has 6 rings (SSSR count). The van der Waals surface area contributed by atoms with Gasteiger partial charge in [0.2, 0.25) is 0 Å². The van der Waals surface area contributed by atoms with Crippen LogP contribution in [0.3, 0.4) is 0 Å². The molecule has 0 bridgehead atoms. The predicted molar refractivity (Wildman–Crippen MR) is 154 cm³/mol. The summed E-state index contributed by atoms with van der Waals surface area (Å²) in [5, 5.41) is 0. The van der Waals surface area contributed by atoms with Gasteiger partial charge in [-0.3, -0.25) is 0 Å². The van der Waals surface area contributed by atoms with Gasteiger partial charge < -0.3 is 24.8 Å². The van der Waals surface area contributed by atoms with E-state index in [4.69, 9.17) is 0 Å². The number of rotatable bonds is 10. The zero-order valence-corrected chi connectivity index (χ0v) is 28.6. The Labute approximate surface area is 251 Å². The van der Waals surface area contributed by atoms with Crippen molar-refractivity contribution in [2.45, 2.75) is 99.7 Å². The third-order valence-corrected chi connectivity index (χ3v) is 26.9. The minimum atomic E-state index is -1.22. The summed E-state index contributed by atoms with van der Waals surface area (Å²) >= 11 is -0.799. The molecule has 0 nitrogen and oxygen atoms in total. The normalized spacial score (nSPS) is 23.6. The number of halogens is 2. The van der Waals surface area contributed by atoms with Crippen LogP contribution in [0.25, 0.3) is 12.2 Å². The van der Waals surface area contributed by atoms with Crippen molar-refractivity contribution in [3.8, 4) is 0 Å². The third-order valence-electron chi connectivity index (χ3n) is 10.1. The van der Waals surface area contributed by atoms with Gasteiger partial charge >= 0.3 is 229 Å². The third kappa shape index (κ3) is 5.31. The Morgan fingerprint density at radius 1 is 0.649 bits per heavy atom. The van der Waals surface area contributed by atoms with E-state index < -0.39 is 39.4 Å². The fourth-order valence-corrected chi connectivity index (χ4v) is 27.5. The Balaban J connectivity index is 0.00000160. The molecule has 2 heterocycles. The molecule has 2 atom stereocenters. The van der Waals surface area contributed by atoms with Crippen molar-refractivity contribution in [2.24, 2.45) is 0 Å². The first-order chi connectivity index (χ1) is 17.2. The Hall–Kier alpha value is -0.183. The van der Waals surface area contributed by atoms with Gasteiger partial charge in [-0.25, -0.2) is 0 Å². The number of hydrogen-bond donors (Lipinski definition) is 0. The van der Waals surface area contributed by atoms with E-state index in [9.17, 15) is 0 Å². The number of benzene rings is 2. The first kappa shape index (κ1) is 29.8. The van der Waals surface area contributed by atoms with Crippen LogP contribution in [-0.2, 0) is 23.2 Å². The van der Waals surface area contributed by atoms with Gasteiger partial charge in [-0.15, -0.1) is 0 Å². The second-order valence-electron chi connectivity index (χ2n) is 12.1. The Bertz CT molecular complexity index is 1060. The maximum absolute atomic E-state index is 2.74. The van der Waals surface area contributed by atoms with E-state index in [-0.39, 0.29) is 24.8 Å². The molecular weight excluding hydrogens is 603 g/mol. The van der Waals surface area contributed by atoms with Crippen LogP contribution in [0.1, 0.15) is 85.7 Å². The first-order valence-corrected chi connectivity index (χ1v) is 22.4. The standard InChI is InChI=1S/2C16H21Si.2ClH.Zr/c2*1-2-3-11-17(12-6-13-17)16-10-9-14-7-4-5-8-15(14)16;;;/h2*4-5,7-9,16H,2-3,6,11-13H2,1H3;2*1H;/q;;;;+2/p-2. The van der Waals surface area contributed by atoms with Crippen LogP contribution >= 0.6 is 0 Å². The average Bonchev–Trinajstić information content (AvgIpc) is 3.37. The Morgan fingerprint density at radius 2 is 1.05 bits per heavy atom. The molecule has 2 aliphatic carbocycles. The summed E-state index contributed by atoms with van der Waals surface area (Å²) in [7, 11) is -2.44. The van der Waals surface area contributed by atoms with Gasteiger partial charge in [0.1, 0.15) is 0 Å². The van der Waals surface area contributed by atoms with Crippen LogP contribution in [0.2, 0.25) is 36.3 Å². The van der Waals surface area contributed by atoms with Gasteiger partial charge in [0.05, 0.1) is 0 Å². The summed E-state index contributed by atoms with van der Waals surface area (Å²) < 4.78 is 3.97. The summed E-state index contributed by atoms with van der Waals surface area (Å²) in [4.78, 5) is 0. The van der Waals surface area contributed by atoms with Crippen molar-refractivity contribution in [3.63, 3.8) is 0 Å². The molecule has 2 aromatic carbocycles. The molecule has 0 amide bonds. The molecule has 0 N–H and O–H groups in total. The van der Waals surface area contributed by atoms with Crippen LogP contribution in [0.4, 0.5) is 0 Å². The predicted octanol–water partition coefficient (Wildman–Crippen LogP) is 3.74. The molecule has 196 valence electrons. The first-order valence-electron chi connectivity index (χ1n) is 14.6. The molecule has 37 heavy (non-hydrogen) atoms. The van der Waals surface area contributed by atoms with Gasteiger partial charge in [0, 0.05) is 0 Å². The van der Waals surface area contributed by atoms with Crippen LogP contribution < -0.4 is 24.8 Å². The second-order valence-corrected chi connectivity index (χ2v) is 25.1. The zero-order chi connectivity index (χ0) is 23.9.